The fourth-order valence-corrected chi connectivity index (χ4v) is 1.81. The summed E-state index contributed by atoms with van der Waals surface area (Å²) in [6.45, 7) is 7.51. The van der Waals surface area contributed by atoms with Crippen molar-refractivity contribution in [1.82, 2.24) is 0 Å². The molecule has 4 heteroatoms. The number of allylic oxidation sites excluding steroid dienone is 1. The highest BCUT2D eigenvalue weighted by Gasteiger charge is 2.29. The minimum absolute atomic E-state index is 0.0928. The zero-order valence-corrected chi connectivity index (χ0v) is 9.95. The molecule has 0 fully saturated rings. The van der Waals surface area contributed by atoms with E-state index in [1.807, 2.05) is 19.9 Å². The second-order valence-electron chi connectivity index (χ2n) is 4.00. The molecule has 0 nitrogen and oxygen atoms in total. The largest absolute Gasteiger partial charge is 0.446 e. The molecule has 16 heavy (non-hydrogen) atoms. The highest BCUT2D eigenvalue weighted by Crippen LogP contribution is 2.38. The first-order valence-electron chi connectivity index (χ1n) is 4.74. The van der Waals surface area contributed by atoms with Gasteiger partial charge < -0.3 is 0 Å². The van der Waals surface area contributed by atoms with Crippen LogP contribution in [0, 0.1) is 0 Å². The van der Waals surface area contributed by atoms with Crippen molar-refractivity contribution < 1.29 is 13.2 Å². The first-order valence-corrected chi connectivity index (χ1v) is 5.56. The van der Waals surface area contributed by atoms with E-state index in [2.05, 4.69) is 6.58 Å². The standard InChI is InChI=1S/C12H13F3S/c1-4-11(2,3)9-6-5-7-10(8-9)16-12(13,14)15/h4-8H,1H2,2-3H3. The van der Waals surface area contributed by atoms with E-state index in [9.17, 15) is 13.2 Å². The van der Waals surface area contributed by atoms with E-state index in [0.717, 1.165) is 5.56 Å². The SMILES string of the molecule is C=CC(C)(C)c1cccc(SC(F)(F)F)c1. The normalized spacial score (nSPS) is 12.6. The van der Waals surface area contributed by atoms with Gasteiger partial charge in [-0.05, 0) is 29.5 Å². The molecule has 0 aliphatic rings. The summed E-state index contributed by atoms with van der Waals surface area (Å²) < 4.78 is 36.6. The third kappa shape index (κ3) is 3.59. The summed E-state index contributed by atoms with van der Waals surface area (Å²) in [4.78, 5) is 0.208. The predicted molar refractivity (Wildman–Crippen MR) is 61.6 cm³/mol. The Balaban J connectivity index is 3.00. The first kappa shape index (κ1) is 13.2. The van der Waals surface area contributed by atoms with Gasteiger partial charge in [-0.3, -0.25) is 0 Å². The summed E-state index contributed by atoms with van der Waals surface area (Å²) in [5.41, 5.74) is -3.73. The highest BCUT2D eigenvalue weighted by atomic mass is 32.2. The Labute approximate surface area is 97.6 Å². The summed E-state index contributed by atoms with van der Waals surface area (Å²) in [6, 6.07) is 6.46. The zero-order chi connectivity index (χ0) is 12.4. The number of alkyl halides is 3. The lowest BCUT2D eigenvalue weighted by atomic mass is 9.85. The Morgan fingerprint density at radius 2 is 1.88 bits per heavy atom. The number of benzene rings is 1. The van der Waals surface area contributed by atoms with E-state index >= 15 is 0 Å². The molecule has 1 rings (SSSR count). The minimum Gasteiger partial charge on any atom is -0.160 e. The van der Waals surface area contributed by atoms with E-state index in [1.54, 1.807) is 18.2 Å². The summed E-state index contributed by atoms with van der Waals surface area (Å²) in [5.74, 6) is 0. The Kier molecular flexibility index (Phi) is 3.73. The molecule has 0 unspecified atom stereocenters. The van der Waals surface area contributed by atoms with Gasteiger partial charge in [-0.15, -0.1) is 6.58 Å². The van der Waals surface area contributed by atoms with Gasteiger partial charge in [0.25, 0.3) is 0 Å². The Bertz CT molecular complexity index is 380. The summed E-state index contributed by atoms with van der Waals surface area (Å²) >= 11 is -0.0928. The molecule has 0 aliphatic carbocycles. The summed E-state index contributed by atoms with van der Waals surface area (Å²) in [7, 11) is 0. The van der Waals surface area contributed by atoms with Crippen molar-refractivity contribution in [3.8, 4) is 0 Å². The van der Waals surface area contributed by atoms with Crippen molar-refractivity contribution in [3.63, 3.8) is 0 Å². The number of thioether (sulfide) groups is 1. The highest BCUT2D eigenvalue weighted by molar-refractivity contribution is 8.00. The van der Waals surface area contributed by atoms with E-state index in [1.165, 1.54) is 6.07 Å². The number of hydrogen-bond donors (Lipinski definition) is 0. The number of rotatable bonds is 3. The Morgan fingerprint density at radius 1 is 1.25 bits per heavy atom. The molecule has 0 atom stereocenters. The lowest BCUT2D eigenvalue weighted by Gasteiger charge is -2.21. The molecule has 0 bridgehead atoms. The van der Waals surface area contributed by atoms with Gasteiger partial charge in [0, 0.05) is 10.3 Å². The van der Waals surface area contributed by atoms with Gasteiger partial charge >= 0.3 is 5.51 Å². The lowest BCUT2D eigenvalue weighted by Crippen LogP contribution is -2.12. The van der Waals surface area contributed by atoms with Crippen molar-refractivity contribution in [1.29, 1.82) is 0 Å². The molecule has 0 radical (unpaired) electrons. The molecule has 1 aromatic carbocycles. The van der Waals surface area contributed by atoms with Gasteiger partial charge in [0.15, 0.2) is 0 Å². The number of hydrogen-bond acceptors (Lipinski definition) is 1. The fraction of sp³-hybridized carbons (Fsp3) is 0.333. The van der Waals surface area contributed by atoms with Crippen LogP contribution in [0.3, 0.4) is 0 Å². The third-order valence-electron chi connectivity index (χ3n) is 2.32. The molecule has 0 saturated heterocycles. The van der Waals surface area contributed by atoms with Crippen molar-refractivity contribution in [2.45, 2.75) is 29.7 Å². The van der Waals surface area contributed by atoms with Crippen LogP contribution in [0.25, 0.3) is 0 Å². The zero-order valence-electron chi connectivity index (χ0n) is 9.14. The molecule has 0 N–H and O–H groups in total. The predicted octanol–water partition coefficient (Wildman–Crippen LogP) is 4.76. The monoisotopic (exact) mass is 246 g/mol. The van der Waals surface area contributed by atoms with Crippen molar-refractivity contribution in [3.05, 3.63) is 42.5 Å². The minimum atomic E-state index is -4.24. The molecule has 0 aromatic heterocycles. The number of halogens is 3. The van der Waals surface area contributed by atoms with Gasteiger partial charge in [-0.2, -0.15) is 13.2 Å². The topological polar surface area (TPSA) is 0 Å². The average molecular weight is 246 g/mol. The van der Waals surface area contributed by atoms with Crippen molar-refractivity contribution >= 4 is 11.8 Å². The molecule has 88 valence electrons. The van der Waals surface area contributed by atoms with Crippen LogP contribution in [0.1, 0.15) is 19.4 Å². The summed E-state index contributed by atoms with van der Waals surface area (Å²) in [6.07, 6.45) is 1.73. The van der Waals surface area contributed by atoms with Crippen LogP contribution in [0.15, 0.2) is 41.8 Å². The first-order chi connectivity index (χ1) is 7.24. The smallest absolute Gasteiger partial charge is 0.160 e. The van der Waals surface area contributed by atoms with Crippen LogP contribution < -0.4 is 0 Å². The van der Waals surface area contributed by atoms with Crippen LogP contribution in [0.2, 0.25) is 0 Å². The maximum Gasteiger partial charge on any atom is 0.446 e. The molecule has 0 amide bonds. The van der Waals surface area contributed by atoms with Crippen LogP contribution in [0.4, 0.5) is 13.2 Å². The Morgan fingerprint density at radius 3 is 2.38 bits per heavy atom. The van der Waals surface area contributed by atoms with Crippen LogP contribution >= 0.6 is 11.8 Å². The quantitative estimate of drug-likeness (QED) is 0.547. The molecule has 1 aromatic rings. The molecule has 0 aliphatic heterocycles. The summed E-state index contributed by atoms with van der Waals surface area (Å²) in [5, 5.41) is 0. The molecule has 0 saturated carbocycles. The van der Waals surface area contributed by atoms with Crippen LogP contribution in [0.5, 0.6) is 0 Å². The van der Waals surface area contributed by atoms with Gasteiger partial charge in [0.1, 0.15) is 0 Å². The van der Waals surface area contributed by atoms with Crippen molar-refractivity contribution in [2.24, 2.45) is 0 Å². The average Bonchev–Trinajstić information content (AvgIpc) is 2.15. The Hall–Kier alpha value is -0.900. The van der Waals surface area contributed by atoms with E-state index < -0.39 is 5.51 Å². The lowest BCUT2D eigenvalue weighted by molar-refractivity contribution is -0.0328. The van der Waals surface area contributed by atoms with Gasteiger partial charge in [0.2, 0.25) is 0 Å². The van der Waals surface area contributed by atoms with Gasteiger partial charge in [-0.1, -0.05) is 32.1 Å². The molecular weight excluding hydrogens is 233 g/mol. The van der Waals surface area contributed by atoms with Gasteiger partial charge in [-0.25, -0.2) is 0 Å². The van der Waals surface area contributed by atoms with Gasteiger partial charge in [0.05, 0.1) is 0 Å². The molecule has 0 heterocycles. The third-order valence-corrected chi connectivity index (χ3v) is 3.04. The maximum absolute atomic E-state index is 12.2. The second-order valence-corrected chi connectivity index (χ2v) is 5.14. The molecule has 0 spiro atoms. The van der Waals surface area contributed by atoms with E-state index in [0.29, 0.717) is 0 Å². The van der Waals surface area contributed by atoms with Crippen molar-refractivity contribution in [2.75, 3.05) is 0 Å². The second kappa shape index (κ2) is 4.53. The molecular formula is C12H13F3S. The van der Waals surface area contributed by atoms with E-state index in [-0.39, 0.29) is 22.1 Å². The van der Waals surface area contributed by atoms with Crippen LogP contribution in [-0.2, 0) is 5.41 Å². The van der Waals surface area contributed by atoms with Crippen LogP contribution in [-0.4, -0.2) is 5.51 Å². The fourth-order valence-electron chi connectivity index (χ4n) is 1.21. The van der Waals surface area contributed by atoms with E-state index in [4.69, 9.17) is 0 Å². The maximum atomic E-state index is 12.2.